The molecule has 9 aromatic rings. The predicted molar refractivity (Wildman–Crippen MR) is 187 cm³/mol. The van der Waals surface area contributed by atoms with Crippen molar-refractivity contribution < 1.29 is 4.42 Å². The number of para-hydroxylation sites is 2. The Hall–Kier alpha value is -6.00. The van der Waals surface area contributed by atoms with Crippen LogP contribution in [0.1, 0.15) is 0 Å². The second-order valence-electron chi connectivity index (χ2n) is 11.4. The van der Waals surface area contributed by atoms with Gasteiger partial charge in [0.05, 0.1) is 16.7 Å². The summed E-state index contributed by atoms with van der Waals surface area (Å²) in [6.45, 7) is 0. The third kappa shape index (κ3) is 3.93. The molecule has 2 aromatic heterocycles. The molecule has 0 spiro atoms. The van der Waals surface area contributed by atoms with Gasteiger partial charge in [0.25, 0.3) is 0 Å². The quantitative estimate of drug-likeness (QED) is 0.209. The van der Waals surface area contributed by atoms with Crippen LogP contribution in [-0.2, 0) is 0 Å². The van der Waals surface area contributed by atoms with Gasteiger partial charge in [-0.2, -0.15) is 0 Å². The molecule has 0 N–H and O–H groups in total. The summed E-state index contributed by atoms with van der Waals surface area (Å²) < 4.78 is 6.89. The number of anilines is 2. The van der Waals surface area contributed by atoms with Gasteiger partial charge >= 0.3 is 0 Å². The summed E-state index contributed by atoms with van der Waals surface area (Å²) in [5, 5.41) is 6.60. The number of benzene rings is 7. The number of fused-ring (bicyclic) bond motifs is 8. The molecule has 0 amide bonds. The number of furan rings is 1. The highest BCUT2D eigenvalue weighted by molar-refractivity contribution is 6.29. The minimum absolute atomic E-state index is 0.792. The van der Waals surface area contributed by atoms with Crippen LogP contribution in [0.25, 0.3) is 76.9 Å². The Morgan fingerprint density at radius 1 is 0.489 bits per heavy atom. The van der Waals surface area contributed by atoms with E-state index in [1.54, 1.807) is 0 Å². The zero-order chi connectivity index (χ0) is 29.9. The molecule has 212 valence electrons. The summed E-state index contributed by atoms with van der Waals surface area (Å²) in [5.41, 5.74) is 8.64. The molecule has 0 aliphatic carbocycles. The van der Waals surface area contributed by atoms with Crippen LogP contribution >= 0.6 is 0 Å². The third-order valence-corrected chi connectivity index (χ3v) is 8.81. The molecule has 0 saturated heterocycles. The summed E-state index contributed by atoms with van der Waals surface area (Å²) in [6, 6.07) is 50.4. The number of rotatable bonds is 4. The lowest BCUT2D eigenvalue weighted by molar-refractivity contribution is 0.676. The van der Waals surface area contributed by atoms with Crippen molar-refractivity contribution in [2.24, 2.45) is 0 Å². The molecule has 0 unspecified atom stereocenters. The van der Waals surface area contributed by atoms with Crippen molar-refractivity contribution >= 4 is 66.0 Å². The first-order valence-corrected chi connectivity index (χ1v) is 15.2. The topological polar surface area (TPSA) is 42.2 Å². The van der Waals surface area contributed by atoms with Crippen LogP contribution in [0.15, 0.2) is 150 Å². The molecule has 4 heteroatoms. The second kappa shape index (κ2) is 10.0. The van der Waals surface area contributed by atoms with Gasteiger partial charge in [-0.15, -0.1) is 0 Å². The normalized spacial score (nSPS) is 11.7. The maximum atomic E-state index is 6.89. The molecule has 0 aliphatic heterocycles. The number of nitrogens with zero attached hydrogens (tertiary/aromatic N) is 3. The van der Waals surface area contributed by atoms with Crippen molar-refractivity contribution in [2.45, 2.75) is 0 Å². The first-order chi connectivity index (χ1) is 22.3. The van der Waals surface area contributed by atoms with Crippen LogP contribution in [0.5, 0.6) is 0 Å². The van der Waals surface area contributed by atoms with E-state index in [-0.39, 0.29) is 0 Å². The maximum Gasteiger partial charge on any atom is 0.160 e. The van der Waals surface area contributed by atoms with E-state index in [0.717, 1.165) is 88.4 Å². The first-order valence-electron chi connectivity index (χ1n) is 15.2. The minimum atomic E-state index is 0.792. The van der Waals surface area contributed by atoms with E-state index in [0.29, 0.717) is 0 Å². The molecule has 0 fully saturated rings. The Balaban J connectivity index is 1.45. The summed E-state index contributed by atoms with van der Waals surface area (Å²) in [4.78, 5) is 12.7. The molecule has 0 aliphatic rings. The molecule has 7 aromatic carbocycles. The van der Waals surface area contributed by atoms with Gasteiger partial charge in [0.15, 0.2) is 5.82 Å². The predicted octanol–water partition coefficient (Wildman–Crippen LogP) is 10.9. The standard InChI is InChI=1S/C41H27N3O/c1-44(41-37(28-17-6-3-7-18-28)42-33-22-12-13-23-34(33)43-41)38-30-20-10-11-21-31(30)40-36(35(38)27-15-4-2-5-16-27)32-25-24-26-14-8-9-19-29(26)39(32)45-40/h2-25H,1H3. The fourth-order valence-corrected chi connectivity index (χ4v) is 6.76. The average Bonchev–Trinajstić information content (AvgIpc) is 3.51. The van der Waals surface area contributed by atoms with Gasteiger partial charge in [-0.1, -0.05) is 127 Å². The van der Waals surface area contributed by atoms with E-state index in [1.807, 2.05) is 30.3 Å². The van der Waals surface area contributed by atoms with Crippen LogP contribution in [0.4, 0.5) is 11.5 Å². The summed E-state index contributed by atoms with van der Waals surface area (Å²) in [6.07, 6.45) is 0. The Morgan fingerprint density at radius 3 is 1.84 bits per heavy atom. The molecule has 0 bridgehead atoms. The zero-order valence-electron chi connectivity index (χ0n) is 24.6. The summed E-state index contributed by atoms with van der Waals surface area (Å²) >= 11 is 0. The van der Waals surface area contributed by atoms with E-state index in [4.69, 9.17) is 14.4 Å². The molecular weight excluding hydrogens is 550 g/mol. The largest absolute Gasteiger partial charge is 0.455 e. The van der Waals surface area contributed by atoms with Gasteiger partial charge in [0.2, 0.25) is 0 Å². The summed E-state index contributed by atoms with van der Waals surface area (Å²) in [7, 11) is 2.11. The summed E-state index contributed by atoms with van der Waals surface area (Å²) in [5.74, 6) is 0.792. The molecule has 0 radical (unpaired) electrons. The third-order valence-electron chi connectivity index (χ3n) is 8.81. The molecule has 0 saturated carbocycles. The van der Waals surface area contributed by atoms with Crippen LogP contribution in [0, 0.1) is 0 Å². The fourth-order valence-electron chi connectivity index (χ4n) is 6.76. The van der Waals surface area contributed by atoms with Crippen LogP contribution in [-0.4, -0.2) is 17.0 Å². The zero-order valence-corrected chi connectivity index (χ0v) is 24.6. The van der Waals surface area contributed by atoms with E-state index in [9.17, 15) is 0 Å². The van der Waals surface area contributed by atoms with E-state index in [1.165, 1.54) is 0 Å². The van der Waals surface area contributed by atoms with Crippen LogP contribution in [0.3, 0.4) is 0 Å². The van der Waals surface area contributed by atoms with E-state index < -0.39 is 0 Å². The SMILES string of the molecule is CN(c1nc2ccccc2nc1-c1ccccc1)c1c(-c2ccccc2)c2c3ccc4ccccc4c3oc2c2ccccc12. The van der Waals surface area contributed by atoms with E-state index >= 15 is 0 Å². The number of aromatic nitrogens is 2. The van der Waals surface area contributed by atoms with Crippen LogP contribution < -0.4 is 4.90 Å². The van der Waals surface area contributed by atoms with Crippen molar-refractivity contribution in [3.63, 3.8) is 0 Å². The Kier molecular flexibility index (Phi) is 5.69. The van der Waals surface area contributed by atoms with Crippen molar-refractivity contribution in [3.8, 4) is 22.4 Å². The molecule has 0 atom stereocenters. The molecular formula is C41H27N3O. The van der Waals surface area contributed by atoms with Gasteiger partial charge in [-0.3, -0.25) is 0 Å². The van der Waals surface area contributed by atoms with Gasteiger partial charge in [-0.25, -0.2) is 9.97 Å². The van der Waals surface area contributed by atoms with E-state index in [2.05, 4.69) is 127 Å². The second-order valence-corrected chi connectivity index (χ2v) is 11.4. The highest BCUT2D eigenvalue weighted by Gasteiger charge is 2.26. The van der Waals surface area contributed by atoms with Crippen LogP contribution in [0.2, 0.25) is 0 Å². The average molecular weight is 578 g/mol. The van der Waals surface area contributed by atoms with Gasteiger partial charge in [0, 0.05) is 45.1 Å². The van der Waals surface area contributed by atoms with Crippen molar-refractivity contribution in [2.75, 3.05) is 11.9 Å². The molecule has 9 rings (SSSR count). The fraction of sp³-hybridized carbons (Fsp3) is 0.0244. The lowest BCUT2D eigenvalue weighted by Gasteiger charge is -2.26. The molecule has 45 heavy (non-hydrogen) atoms. The highest BCUT2D eigenvalue weighted by atomic mass is 16.3. The first kappa shape index (κ1) is 25.5. The van der Waals surface area contributed by atoms with Crippen molar-refractivity contribution in [1.82, 2.24) is 9.97 Å². The maximum absolute atomic E-state index is 6.89. The monoisotopic (exact) mass is 577 g/mol. The number of hydrogen-bond donors (Lipinski definition) is 0. The highest BCUT2D eigenvalue weighted by Crippen LogP contribution is 2.50. The minimum Gasteiger partial charge on any atom is -0.455 e. The lowest BCUT2D eigenvalue weighted by Crippen LogP contribution is -2.15. The Morgan fingerprint density at radius 2 is 1.09 bits per heavy atom. The molecule has 2 heterocycles. The van der Waals surface area contributed by atoms with Crippen molar-refractivity contribution in [3.05, 3.63) is 146 Å². The Bertz CT molecular complexity index is 2550. The van der Waals surface area contributed by atoms with Gasteiger partial charge < -0.3 is 9.32 Å². The number of hydrogen-bond acceptors (Lipinski definition) is 4. The van der Waals surface area contributed by atoms with Gasteiger partial charge in [0.1, 0.15) is 16.9 Å². The Labute approximate surface area is 259 Å². The lowest BCUT2D eigenvalue weighted by atomic mass is 9.92. The molecule has 4 nitrogen and oxygen atoms in total. The van der Waals surface area contributed by atoms with Gasteiger partial charge in [-0.05, 0) is 29.1 Å². The smallest absolute Gasteiger partial charge is 0.160 e. The van der Waals surface area contributed by atoms with Crippen molar-refractivity contribution in [1.29, 1.82) is 0 Å².